The van der Waals surface area contributed by atoms with E-state index in [9.17, 15) is 10.1 Å². The molecule has 2 heterocycles. The molecule has 138 valence electrons. The van der Waals surface area contributed by atoms with Gasteiger partial charge in [0.25, 0.3) is 5.69 Å². The second-order valence-corrected chi connectivity index (χ2v) is 7.77. The standard InChI is InChI=1S/C17H18ClN3O3S2/c18-15-6-5-12(21(22)23)9-16(15)19-17(25)20(10-13-3-1-7-24-13)11-14-4-2-8-26-14/h2,4-6,8-9,13H,1,3,7,10-11H2,(H,19,25)/t13-/m1/s1. The first-order valence-electron chi connectivity index (χ1n) is 8.17. The lowest BCUT2D eigenvalue weighted by atomic mass is 10.2. The van der Waals surface area contributed by atoms with Gasteiger partial charge in [0.2, 0.25) is 0 Å². The summed E-state index contributed by atoms with van der Waals surface area (Å²) < 4.78 is 5.74. The SMILES string of the molecule is O=[N+]([O-])c1ccc(Cl)c(NC(=S)N(Cc2cccs2)C[C@H]2CCCO2)c1. The number of benzene rings is 1. The van der Waals surface area contributed by atoms with Crippen LogP contribution in [0.15, 0.2) is 35.7 Å². The van der Waals surface area contributed by atoms with Crippen LogP contribution >= 0.6 is 35.2 Å². The van der Waals surface area contributed by atoms with Crippen LogP contribution in [0.3, 0.4) is 0 Å². The second kappa shape index (κ2) is 8.77. The average Bonchev–Trinajstić information content (AvgIpc) is 3.30. The lowest BCUT2D eigenvalue weighted by Crippen LogP contribution is -2.39. The Labute approximate surface area is 165 Å². The van der Waals surface area contributed by atoms with Gasteiger partial charge in [-0.25, -0.2) is 0 Å². The predicted molar refractivity (Wildman–Crippen MR) is 108 cm³/mol. The van der Waals surface area contributed by atoms with E-state index in [2.05, 4.69) is 11.4 Å². The first-order chi connectivity index (χ1) is 12.5. The average molecular weight is 412 g/mol. The van der Waals surface area contributed by atoms with Crippen LogP contribution in [-0.2, 0) is 11.3 Å². The highest BCUT2D eigenvalue weighted by atomic mass is 35.5. The van der Waals surface area contributed by atoms with Gasteiger partial charge in [0, 0.05) is 30.2 Å². The highest BCUT2D eigenvalue weighted by Crippen LogP contribution is 2.27. The molecule has 1 aromatic heterocycles. The molecule has 0 saturated carbocycles. The lowest BCUT2D eigenvalue weighted by Gasteiger charge is -2.28. The molecule has 9 heteroatoms. The molecule has 3 rings (SSSR count). The van der Waals surface area contributed by atoms with Gasteiger partial charge in [0.1, 0.15) is 0 Å². The number of nitrogens with one attached hydrogen (secondary N) is 1. The number of ether oxygens (including phenoxy) is 1. The molecule has 1 fully saturated rings. The van der Waals surface area contributed by atoms with Crippen molar-refractivity contribution in [2.45, 2.75) is 25.5 Å². The second-order valence-electron chi connectivity index (χ2n) is 5.95. The Bertz CT molecular complexity index is 780. The van der Waals surface area contributed by atoms with Crippen LogP contribution in [0.1, 0.15) is 17.7 Å². The molecular weight excluding hydrogens is 394 g/mol. The minimum atomic E-state index is -0.458. The third-order valence-electron chi connectivity index (χ3n) is 4.06. The Balaban J connectivity index is 1.75. The molecule has 1 atom stereocenters. The van der Waals surface area contributed by atoms with Crippen molar-refractivity contribution in [1.29, 1.82) is 0 Å². The molecule has 2 aromatic rings. The molecule has 1 saturated heterocycles. The van der Waals surface area contributed by atoms with Gasteiger partial charge in [0.05, 0.1) is 28.3 Å². The molecule has 26 heavy (non-hydrogen) atoms. The van der Waals surface area contributed by atoms with Crippen LogP contribution in [0, 0.1) is 10.1 Å². The number of nitro groups is 1. The monoisotopic (exact) mass is 411 g/mol. The summed E-state index contributed by atoms with van der Waals surface area (Å²) in [6.45, 7) is 2.08. The van der Waals surface area contributed by atoms with Crippen molar-refractivity contribution >= 4 is 51.6 Å². The summed E-state index contributed by atoms with van der Waals surface area (Å²) >= 11 is 13.4. The molecule has 1 aliphatic heterocycles. The first kappa shape index (κ1) is 19.0. The van der Waals surface area contributed by atoms with E-state index in [4.69, 9.17) is 28.6 Å². The fourth-order valence-corrected chi connectivity index (χ4v) is 3.89. The summed E-state index contributed by atoms with van der Waals surface area (Å²) in [5.74, 6) is 0. The van der Waals surface area contributed by atoms with E-state index in [1.807, 2.05) is 16.3 Å². The van der Waals surface area contributed by atoms with Crippen molar-refractivity contribution in [2.24, 2.45) is 0 Å². The maximum absolute atomic E-state index is 11.0. The van der Waals surface area contributed by atoms with E-state index in [1.54, 1.807) is 11.3 Å². The van der Waals surface area contributed by atoms with Gasteiger partial charge in [-0.05, 0) is 42.6 Å². The number of thiocarbonyl (C=S) groups is 1. The fraction of sp³-hybridized carbons (Fsp3) is 0.353. The van der Waals surface area contributed by atoms with Gasteiger partial charge < -0.3 is 15.0 Å². The van der Waals surface area contributed by atoms with Crippen LogP contribution < -0.4 is 5.32 Å². The van der Waals surface area contributed by atoms with E-state index >= 15 is 0 Å². The number of non-ortho nitro benzene ring substituents is 1. The smallest absolute Gasteiger partial charge is 0.271 e. The predicted octanol–water partition coefficient (Wildman–Crippen LogP) is 4.69. The van der Waals surface area contributed by atoms with Crippen LogP contribution in [0.25, 0.3) is 0 Å². The van der Waals surface area contributed by atoms with Crippen LogP contribution in [0.5, 0.6) is 0 Å². The van der Waals surface area contributed by atoms with Gasteiger partial charge in [-0.15, -0.1) is 11.3 Å². The summed E-state index contributed by atoms with van der Waals surface area (Å²) in [4.78, 5) is 13.7. The summed E-state index contributed by atoms with van der Waals surface area (Å²) in [5, 5.41) is 16.9. The van der Waals surface area contributed by atoms with Gasteiger partial charge in [0.15, 0.2) is 5.11 Å². The molecule has 0 unspecified atom stereocenters. The topological polar surface area (TPSA) is 67.6 Å². The largest absolute Gasteiger partial charge is 0.376 e. The van der Waals surface area contributed by atoms with Crippen molar-refractivity contribution in [1.82, 2.24) is 4.90 Å². The van der Waals surface area contributed by atoms with Crippen molar-refractivity contribution in [3.05, 3.63) is 55.7 Å². The zero-order valence-electron chi connectivity index (χ0n) is 13.9. The molecule has 0 aliphatic carbocycles. The summed E-state index contributed by atoms with van der Waals surface area (Å²) in [7, 11) is 0. The van der Waals surface area contributed by atoms with Crippen LogP contribution in [0.4, 0.5) is 11.4 Å². The third kappa shape index (κ3) is 4.91. The van der Waals surface area contributed by atoms with Crippen molar-refractivity contribution in [3.8, 4) is 0 Å². The zero-order valence-corrected chi connectivity index (χ0v) is 16.3. The minimum Gasteiger partial charge on any atom is -0.376 e. The molecule has 0 radical (unpaired) electrons. The Kier molecular flexibility index (Phi) is 6.42. The summed E-state index contributed by atoms with van der Waals surface area (Å²) in [5.41, 5.74) is 0.387. The van der Waals surface area contributed by atoms with Gasteiger partial charge in [-0.1, -0.05) is 17.7 Å². The molecule has 6 nitrogen and oxygen atoms in total. The van der Waals surface area contributed by atoms with Gasteiger partial charge in [-0.3, -0.25) is 10.1 Å². The molecule has 0 spiro atoms. The Morgan fingerprint density at radius 2 is 2.35 bits per heavy atom. The number of thiophene rings is 1. The normalized spacial score (nSPS) is 16.4. The number of hydrogen-bond acceptors (Lipinski definition) is 5. The highest BCUT2D eigenvalue weighted by molar-refractivity contribution is 7.80. The molecule has 1 aromatic carbocycles. The quantitative estimate of drug-likeness (QED) is 0.422. The minimum absolute atomic E-state index is 0.0383. The Morgan fingerprint density at radius 3 is 3.00 bits per heavy atom. The fourth-order valence-electron chi connectivity index (χ4n) is 2.76. The Hall–Kier alpha value is -1.74. The molecule has 0 bridgehead atoms. The highest BCUT2D eigenvalue weighted by Gasteiger charge is 2.22. The van der Waals surface area contributed by atoms with Crippen molar-refractivity contribution < 1.29 is 9.66 Å². The maximum Gasteiger partial charge on any atom is 0.271 e. The number of nitro benzene ring substituents is 1. The molecule has 1 aliphatic rings. The summed E-state index contributed by atoms with van der Waals surface area (Å²) in [6, 6.07) is 8.30. The van der Waals surface area contributed by atoms with E-state index < -0.39 is 4.92 Å². The van der Waals surface area contributed by atoms with Crippen LogP contribution in [-0.4, -0.2) is 34.2 Å². The number of hydrogen-bond donors (Lipinski definition) is 1. The Morgan fingerprint density at radius 1 is 1.50 bits per heavy atom. The van der Waals surface area contributed by atoms with Crippen molar-refractivity contribution in [2.75, 3.05) is 18.5 Å². The van der Waals surface area contributed by atoms with Crippen LogP contribution in [0.2, 0.25) is 5.02 Å². The molecular formula is C17H18ClN3O3S2. The first-order valence-corrected chi connectivity index (χ1v) is 9.83. The maximum atomic E-state index is 11.0. The molecule has 1 N–H and O–H groups in total. The van der Waals surface area contributed by atoms with E-state index in [1.165, 1.54) is 23.1 Å². The number of nitrogens with zero attached hydrogens (tertiary/aromatic N) is 2. The number of halogens is 1. The zero-order chi connectivity index (χ0) is 18.5. The number of rotatable bonds is 6. The van der Waals surface area contributed by atoms with E-state index in [0.29, 0.717) is 28.9 Å². The summed E-state index contributed by atoms with van der Waals surface area (Å²) in [6.07, 6.45) is 2.19. The van der Waals surface area contributed by atoms with Gasteiger partial charge >= 0.3 is 0 Å². The lowest BCUT2D eigenvalue weighted by molar-refractivity contribution is -0.384. The van der Waals surface area contributed by atoms with Crippen molar-refractivity contribution in [3.63, 3.8) is 0 Å². The number of anilines is 1. The van der Waals surface area contributed by atoms with Gasteiger partial charge in [-0.2, -0.15) is 0 Å². The third-order valence-corrected chi connectivity index (χ3v) is 5.62. The van der Waals surface area contributed by atoms with E-state index in [0.717, 1.165) is 19.4 Å². The molecule has 0 amide bonds. The van der Waals surface area contributed by atoms with E-state index in [-0.39, 0.29) is 11.8 Å².